The van der Waals surface area contributed by atoms with E-state index < -0.39 is 17.3 Å². The normalized spacial score (nSPS) is 10.3. The van der Waals surface area contributed by atoms with Gasteiger partial charge in [0.25, 0.3) is 0 Å². The highest BCUT2D eigenvalue weighted by molar-refractivity contribution is 7.98. The maximum atomic E-state index is 13.5. The molecule has 0 aromatic heterocycles. The topological polar surface area (TPSA) is 46.5 Å². The number of hydrogen-bond donors (Lipinski definition) is 1. The van der Waals surface area contributed by atoms with E-state index in [2.05, 4.69) is 0 Å². The molecule has 0 saturated carbocycles. The Morgan fingerprint density at radius 1 is 1.25 bits per heavy atom. The summed E-state index contributed by atoms with van der Waals surface area (Å²) in [7, 11) is 0. The standard InChI is InChI=1S/C15H13FO3S/c1-20-11-7-5-10(6-8-11)9-19-13-4-2-3-12(16)14(13)15(17)18/h2-8H,9H2,1H3,(H,17,18). The van der Waals surface area contributed by atoms with Crippen molar-refractivity contribution in [2.45, 2.75) is 11.5 Å². The first-order valence-corrected chi connectivity index (χ1v) is 7.12. The van der Waals surface area contributed by atoms with Gasteiger partial charge < -0.3 is 9.84 Å². The van der Waals surface area contributed by atoms with Crippen LogP contribution >= 0.6 is 11.8 Å². The lowest BCUT2D eigenvalue weighted by Crippen LogP contribution is -2.06. The number of rotatable bonds is 5. The average molecular weight is 292 g/mol. The SMILES string of the molecule is CSc1ccc(COc2cccc(F)c2C(=O)O)cc1. The summed E-state index contributed by atoms with van der Waals surface area (Å²) in [4.78, 5) is 12.1. The van der Waals surface area contributed by atoms with E-state index in [0.717, 1.165) is 16.5 Å². The molecule has 0 saturated heterocycles. The Hall–Kier alpha value is -2.01. The van der Waals surface area contributed by atoms with Gasteiger partial charge in [-0.15, -0.1) is 11.8 Å². The Balaban J connectivity index is 2.14. The van der Waals surface area contributed by atoms with Gasteiger partial charge in [0.15, 0.2) is 0 Å². The molecule has 0 spiro atoms. The fourth-order valence-corrected chi connectivity index (χ4v) is 2.12. The molecule has 5 heteroatoms. The lowest BCUT2D eigenvalue weighted by Gasteiger charge is -2.10. The van der Waals surface area contributed by atoms with Crippen LogP contribution in [0.15, 0.2) is 47.4 Å². The van der Waals surface area contributed by atoms with Crippen LogP contribution < -0.4 is 4.74 Å². The van der Waals surface area contributed by atoms with E-state index in [1.807, 2.05) is 30.5 Å². The molecule has 0 aliphatic heterocycles. The zero-order valence-electron chi connectivity index (χ0n) is 10.8. The summed E-state index contributed by atoms with van der Waals surface area (Å²) < 4.78 is 18.9. The highest BCUT2D eigenvalue weighted by Gasteiger charge is 2.16. The van der Waals surface area contributed by atoms with Crippen molar-refractivity contribution >= 4 is 17.7 Å². The van der Waals surface area contributed by atoms with Crippen LogP contribution in [0.4, 0.5) is 4.39 Å². The number of halogens is 1. The number of carboxylic acid groups (broad SMARTS) is 1. The fourth-order valence-electron chi connectivity index (χ4n) is 1.72. The predicted octanol–water partition coefficient (Wildman–Crippen LogP) is 3.82. The molecule has 20 heavy (non-hydrogen) atoms. The molecule has 0 bridgehead atoms. The zero-order chi connectivity index (χ0) is 14.5. The molecule has 3 nitrogen and oxygen atoms in total. The number of hydrogen-bond acceptors (Lipinski definition) is 3. The molecule has 0 aliphatic rings. The molecule has 2 rings (SSSR count). The summed E-state index contributed by atoms with van der Waals surface area (Å²) in [5, 5.41) is 8.99. The summed E-state index contributed by atoms with van der Waals surface area (Å²) in [5.74, 6) is -2.10. The van der Waals surface area contributed by atoms with E-state index in [4.69, 9.17) is 9.84 Å². The molecular formula is C15H13FO3S. The van der Waals surface area contributed by atoms with Crippen LogP contribution in [0.1, 0.15) is 15.9 Å². The van der Waals surface area contributed by atoms with Crippen molar-refractivity contribution in [3.8, 4) is 5.75 Å². The monoisotopic (exact) mass is 292 g/mol. The van der Waals surface area contributed by atoms with Gasteiger partial charge in [0, 0.05) is 4.90 Å². The number of carboxylic acids is 1. The Bertz CT molecular complexity index is 611. The molecule has 2 aromatic carbocycles. The Labute approximate surface area is 120 Å². The van der Waals surface area contributed by atoms with E-state index in [9.17, 15) is 9.18 Å². The van der Waals surface area contributed by atoms with E-state index >= 15 is 0 Å². The molecule has 1 N–H and O–H groups in total. The van der Waals surface area contributed by atoms with Crippen LogP contribution in [-0.2, 0) is 6.61 Å². The third-order valence-corrected chi connectivity index (χ3v) is 3.49. The van der Waals surface area contributed by atoms with Crippen molar-refractivity contribution in [3.05, 3.63) is 59.4 Å². The maximum absolute atomic E-state index is 13.5. The third kappa shape index (κ3) is 3.30. The minimum Gasteiger partial charge on any atom is -0.488 e. The highest BCUT2D eigenvalue weighted by Crippen LogP contribution is 2.23. The Morgan fingerprint density at radius 3 is 2.55 bits per heavy atom. The molecule has 0 radical (unpaired) electrons. The first kappa shape index (κ1) is 14.4. The second-order valence-electron chi connectivity index (χ2n) is 4.05. The van der Waals surface area contributed by atoms with E-state index in [-0.39, 0.29) is 12.4 Å². The van der Waals surface area contributed by atoms with Gasteiger partial charge in [-0.1, -0.05) is 18.2 Å². The van der Waals surface area contributed by atoms with Gasteiger partial charge in [0.1, 0.15) is 23.7 Å². The molecular weight excluding hydrogens is 279 g/mol. The van der Waals surface area contributed by atoms with Crippen molar-refractivity contribution in [3.63, 3.8) is 0 Å². The molecule has 0 atom stereocenters. The van der Waals surface area contributed by atoms with Gasteiger partial charge in [-0.05, 0) is 36.1 Å². The first-order valence-electron chi connectivity index (χ1n) is 5.89. The van der Waals surface area contributed by atoms with Crippen LogP contribution in [0, 0.1) is 5.82 Å². The number of carbonyl (C=O) groups is 1. The van der Waals surface area contributed by atoms with Gasteiger partial charge in [0.05, 0.1) is 0 Å². The number of ether oxygens (including phenoxy) is 1. The minimum absolute atomic E-state index is 0.0337. The number of benzene rings is 2. The van der Waals surface area contributed by atoms with Crippen LogP contribution in [0.2, 0.25) is 0 Å². The van der Waals surface area contributed by atoms with Crippen LogP contribution in [0.3, 0.4) is 0 Å². The summed E-state index contributed by atoms with van der Waals surface area (Å²) in [5.41, 5.74) is 0.455. The molecule has 0 aliphatic carbocycles. The molecule has 104 valence electrons. The van der Waals surface area contributed by atoms with Crippen molar-refractivity contribution in [2.24, 2.45) is 0 Å². The molecule has 2 aromatic rings. The first-order chi connectivity index (χ1) is 9.61. The van der Waals surface area contributed by atoms with E-state index in [0.29, 0.717) is 0 Å². The van der Waals surface area contributed by atoms with Crippen LogP contribution in [0.5, 0.6) is 5.75 Å². The largest absolute Gasteiger partial charge is 0.488 e. The van der Waals surface area contributed by atoms with E-state index in [1.165, 1.54) is 12.1 Å². The van der Waals surface area contributed by atoms with Crippen LogP contribution in [0.25, 0.3) is 0 Å². The van der Waals surface area contributed by atoms with Gasteiger partial charge in [-0.3, -0.25) is 0 Å². The maximum Gasteiger partial charge on any atom is 0.342 e. The van der Waals surface area contributed by atoms with Crippen LogP contribution in [-0.4, -0.2) is 17.3 Å². The van der Waals surface area contributed by atoms with Crippen molar-refractivity contribution in [1.82, 2.24) is 0 Å². The molecule has 0 amide bonds. The second kappa shape index (κ2) is 6.43. The lowest BCUT2D eigenvalue weighted by atomic mass is 10.2. The fraction of sp³-hybridized carbons (Fsp3) is 0.133. The molecule has 0 fully saturated rings. The van der Waals surface area contributed by atoms with Crippen molar-refractivity contribution < 1.29 is 19.0 Å². The average Bonchev–Trinajstić information content (AvgIpc) is 2.45. The summed E-state index contributed by atoms with van der Waals surface area (Å²) in [6, 6.07) is 11.7. The third-order valence-electron chi connectivity index (χ3n) is 2.74. The predicted molar refractivity (Wildman–Crippen MR) is 75.9 cm³/mol. The number of thioether (sulfide) groups is 1. The van der Waals surface area contributed by atoms with Gasteiger partial charge in [-0.25, -0.2) is 9.18 Å². The van der Waals surface area contributed by atoms with Crippen molar-refractivity contribution in [1.29, 1.82) is 0 Å². The minimum atomic E-state index is -1.34. The van der Waals surface area contributed by atoms with Gasteiger partial charge in [-0.2, -0.15) is 0 Å². The second-order valence-corrected chi connectivity index (χ2v) is 4.93. The quantitative estimate of drug-likeness (QED) is 0.851. The smallest absolute Gasteiger partial charge is 0.342 e. The molecule has 0 unspecified atom stereocenters. The molecule has 0 heterocycles. The number of aromatic carboxylic acids is 1. The van der Waals surface area contributed by atoms with E-state index in [1.54, 1.807) is 11.8 Å². The highest BCUT2D eigenvalue weighted by atomic mass is 32.2. The van der Waals surface area contributed by atoms with Gasteiger partial charge in [0.2, 0.25) is 0 Å². The van der Waals surface area contributed by atoms with Crippen molar-refractivity contribution in [2.75, 3.05) is 6.26 Å². The Kier molecular flexibility index (Phi) is 4.63. The lowest BCUT2D eigenvalue weighted by molar-refractivity contribution is 0.0686. The van der Waals surface area contributed by atoms with Gasteiger partial charge >= 0.3 is 5.97 Å². The summed E-state index contributed by atoms with van der Waals surface area (Å²) in [6.07, 6.45) is 1.98. The summed E-state index contributed by atoms with van der Waals surface area (Å²) in [6.45, 7) is 0.193. The Morgan fingerprint density at radius 2 is 1.95 bits per heavy atom. The zero-order valence-corrected chi connectivity index (χ0v) is 11.6. The summed E-state index contributed by atoms with van der Waals surface area (Å²) >= 11 is 1.63.